The number of nitrogens with zero attached hydrogens (tertiary/aromatic N) is 3. The van der Waals surface area contributed by atoms with E-state index in [1.807, 2.05) is 23.6 Å². The van der Waals surface area contributed by atoms with E-state index in [2.05, 4.69) is 41.5 Å². The van der Waals surface area contributed by atoms with E-state index >= 15 is 0 Å². The molecule has 0 saturated carbocycles. The van der Waals surface area contributed by atoms with Gasteiger partial charge in [-0.15, -0.1) is 10.2 Å². The molecule has 0 fully saturated rings. The number of carbonyl (C=O) groups is 1. The lowest BCUT2D eigenvalue weighted by atomic mass is 10.0. The average molecular weight is 479 g/mol. The topological polar surface area (TPSA) is 69.0 Å². The summed E-state index contributed by atoms with van der Waals surface area (Å²) in [5.74, 6) is 1.95. The van der Waals surface area contributed by atoms with Gasteiger partial charge in [0.15, 0.2) is 11.0 Å². The zero-order valence-electron chi connectivity index (χ0n) is 17.6. The molecular weight excluding hydrogens is 455 g/mol. The highest BCUT2D eigenvalue weighted by Gasteiger charge is 2.14. The van der Waals surface area contributed by atoms with E-state index in [4.69, 9.17) is 27.9 Å². The Balaban J connectivity index is 1.57. The summed E-state index contributed by atoms with van der Waals surface area (Å²) in [4.78, 5) is 12.3. The molecule has 0 spiro atoms. The second kappa shape index (κ2) is 10.9. The number of carbonyl (C=O) groups excluding carboxylic acids is 1. The van der Waals surface area contributed by atoms with E-state index in [1.54, 1.807) is 18.2 Å². The van der Waals surface area contributed by atoms with Crippen molar-refractivity contribution in [2.45, 2.75) is 45.0 Å². The lowest BCUT2D eigenvalue weighted by Gasteiger charge is -2.10. The minimum atomic E-state index is -0.192. The van der Waals surface area contributed by atoms with Crippen molar-refractivity contribution < 1.29 is 9.53 Å². The quantitative estimate of drug-likeness (QED) is 0.379. The number of amides is 1. The molecule has 164 valence electrons. The van der Waals surface area contributed by atoms with Crippen molar-refractivity contribution in [3.05, 3.63) is 63.9 Å². The van der Waals surface area contributed by atoms with Gasteiger partial charge in [0.1, 0.15) is 12.4 Å². The summed E-state index contributed by atoms with van der Waals surface area (Å²) in [5.41, 5.74) is 1.78. The highest BCUT2D eigenvalue weighted by Crippen LogP contribution is 2.26. The molecule has 3 aromatic rings. The molecule has 1 aromatic heterocycles. The number of aromatic nitrogens is 3. The normalized spacial score (nSPS) is 11.0. The molecule has 9 heteroatoms. The average Bonchev–Trinajstić information content (AvgIpc) is 3.15. The molecule has 6 nitrogen and oxygen atoms in total. The van der Waals surface area contributed by atoms with Crippen LogP contribution in [-0.4, -0.2) is 26.4 Å². The minimum absolute atomic E-state index is 0.175. The first-order valence-corrected chi connectivity index (χ1v) is 11.6. The summed E-state index contributed by atoms with van der Waals surface area (Å²) in [7, 11) is 0. The molecule has 0 saturated heterocycles. The lowest BCUT2D eigenvalue weighted by Crippen LogP contribution is -2.15. The Morgan fingerprint density at radius 3 is 2.55 bits per heavy atom. The van der Waals surface area contributed by atoms with Gasteiger partial charge >= 0.3 is 0 Å². The van der Waals surface area contributed by atoms with Gasteiger partial charge in [-0.2, -0.15) is 0 Å². The molecular formula is C22H24Cl2N4O2S. The Morgan fingerprint density at radius 1 is 1.16 bits per heavy atom. The molecule has 0 radical (unpaired) electrons. The lowest BCUT2D eigenvalue weighted by molar-refractivity contribution is -0.113. The Bertz CT molecular complexity index is 1040. The fourth-order valence-electron chi connectivity index (χ4n) is 2.85. The van der Waals surface area contributed by atoms with Crippen LogP contribution >= 0.6 is 35.0 Å². The van der Waals surface area contributed by atoms with Crippen LogP contribution in [0.1, 0.15) is 38.1 Å². The van der Waals surface area contributed by atoms with Crippen LogP contribution in [0.2, 0.25) is 10.0 Å². The zero-order chi connectivity index (χ0) is 22.4. The van der Waals surface area contributed by atoms with Gasteiger partial charge in [0, 0.05) is 11.6 Å². The molecule has 1 amide bonds. The number of nitrogens with one attached hydrogen (secondary N) is 1. The molecule has 2 aromatic carbocycles. The van der Waals surface area contributed by atoms with Crippen molar-refractivity contribution >= 4 is 46.6 Å². The maximum atomic E-state index is 12.3. The largest absolute Gasteiger partial charge is 0.486 e. The summed E-state index contributed by atoms with van der Waals surface area (Å²) >= 11 is 13.3. The SMILES string of the molecule is CCn1c(COc2ccc(C(C)C)cc2)nnc1SCC(=O)Nc1ccc(Cl)cc1Cl. The summed E-state index contributed by atoms with van der Waals surface area (Å²) in [6.45, 7) is 7.29. The molecule has 31 heavy (non-hydrogen) atoms. The van der Waals surface area contributed by atoms with Gasteiger partial charge in [-0.1, -0.05) is 60.9 Å². The minimum Gasteiger partial charge on any atom is -0.486 e. The maximum absolute atomic E-state index is 12.3. The number of rotatable bonds is 9. The Morgan fingerprint density at radius 2 is 1.90 bits per heavy atom. The highest BCUT2D eigenvalue weighted by atomic mass is 35.5. The van der Waals surface area contributed by atoms with Crippen molar-refractivity contribution in [3.8, 4) is 5.75 Å². The fraction of sp³-hybridized carbons (Fsp3) is 0.318. The van der Waals surface area contributed by atoms with Crippen LogP contribution in [0.4, 0.5) is 5.69 Å². The molecule has 1 N–H and O–H groups in total. The van der Waals surface area contributed by atoms with Crippen LogP contribution in [0.3, 0.4) is 0 Å². The van der Waals surface area contributed by atoms with Crippen molar-refractivity contribution in [3.63, 3.8) is 0 Å². The van der Waals surface area contributed by atoms with Crippen LogP contribution in [0.25, 0.3) is 0 Å². The first-order chi connectivity index (χ1) is 14.9. The van der Waals surface area contributed by atoms with E-state index in [-0.39, 0.29) is 11.7 Å². The molecule has 3 rings (SSSR count). The van der Waals surface area contributed by atoms with Crippen LogP contribution in [-0.2, 0) is 17.9 Å². The Labute approximate surface area is 196 Å². The van der Waals surface area contributed by atoms with E-state index in [1.165, 1.54) is 17.3 Å². The fourth-order valence-corrected chi connectivity index (χ4v) is 4.13. The van der Waals surface area contributed by atoms with Gasteiger partial charge in [0.25, 0.3) is 0 Å². The van der Waals surface area contributed by atoms with E-state index in [9.17, 15) is 4.79 Å². The first-order valence-electron chi connectivity index (χ1n) is 9.90. The van der Waals surface area contributed by atoms with Crippen LogP contribution in [0.15, 0.2) is 47.6 Å². The molecule has 0 aliphatic carbocycles. The van der Waals surface area contributed by atoms with E-state index in [0.29, 0.717) is 45.8 Å². The summed E-state index contributed by atoms with van der Waals surface area (Å²) in [6.07, 6.45) is 0. The van der Waals surface area contributed by atoms with Crippen molar-refractivity contribution in [2.24, 2.45) is 0 Å². The number of benzene rings is 2. The van der Waals surface area contributed by atoms with Gasteiger partial charge in [-0.25, -0.2) is 0 Å². The third-order valence-corrected chi connectivity index (χ3v) is 6.08. The standard InChI is InChI=1S/C22H24Cl2N4O2S/c1-4-28-20(12-30-17-8-5-15(6-9-17)14(2)3)26-27-22(28)31-13-21(29)25-19-10-7-16(23)11-18(19)24/h5-11,14H,4,12-13H2,1-3H3,(H,25,29). The molecule has 0 aliphatic rings. The van der Waals surface area contributed by atoms with Gasteiger partial charge < -0.3 is 14.6 Å². The summed E-state index contributed by atoms with van der Waals surface area (Å²) < 4.78 is 7.81. The number of hydrogen-bond donors (Lipinski definition) is 1. The number of ether oxygens (including phenoxy) is 1. The molecule has 0 unspecified atom stereocenters. The van der Waals surface area contributed by atoms with E-state index < -0.39 is 0 Å². The predicted molar refractivity (Wildman–Crippen MR) is 126 cm³/mol. The first kappa shape index (κ1) is 23.4. The summed E-state index contributed by atoms with van der Waals surface area (Å²) in [5, 5.41) is 12.8. The van der Waals surface area contributed by atoms with Crippen molar-refractivity contribution in [1.29, 1.82) is 0 Å². The third kappa shape index (κ3) is 6.38. The molecule has 0 atom stereocenters. The molecule has 0 bridgehead atoms. The number of anilines is 1. The van der Waals surface area contributed by atoms with E-state index in [0.717, 1.165) is 5.75 Å². The maximum Gasteiger partial charge on any atom is 0.234 e. The third-order valence-electron chi connectivity index (χ3n) is 4.56. The van der Waals surface area contributed by atoms with Crippen molar-refractivity contribution in [2.75, 3.05) is 11.1 Å². The van der Waals surface area contributed by atoms with Crippen LogP contribution < -0.4 is 10.1 Å². The second-order valence-corrected chi connectivity index (χ2v) is 8.90. The number of halogens is 2. The number of hydrogen-bond acceptors (Lipinski definition) is 5. The highest BCUT2D eigenvalue weighted by molar-refractivity contribution is 7.99. The predicted octanol–water partition coefficient (Wildman–Crippen LogP) is 6.04. The zero-order valence-corrected chi connectivity index (χ0v) is 19.9. The number of thioether (sulfide) groups is 1. The van der Waals surface area contributed by atoms with Crippen LogP contribution in [0, 0.1) is 0 Å². The monoisotopic (exact) mass is 478 g/mol. The van der Waals surface area contributed by atoms with Crippen LogP contribution in [0.5, 0.6) is 5.75 Å². The summed E-state index contributed by atoms with van der Waals surface area (Å²) in [6, 6.07) is 13.0. The Kier molecular flexibility index (Phi) is 8.23. The second-order valence-electron chi connectivity index (χ2n) is 7.12. The van der Waals surface area contributed by atoms with Gasteiger partial charge in [-0.05, 0) is 48.7 Å². The smallest absolute Gasteiger partial charge is 0.234 e. The van der Waals surface area contributed by atoms with Crippen molar-refractivity contribution in [1.82, 2.24) is 14.8 Å². The molecule has 1 heterocycles. The van der Waals surface area contributed by atoms with Gasteiger partial charge in [-0.3, -0.25) is 4.79 Å². The Hall–Kier alpha value is -2.22. The molecule has 0 aliphatic heterocycles. The van der Waals surface area contributed by atoms with Gasteiger partial charge in [0.05, 0.1) is 16.5 Å². The van der Waals surface area contributed by atoms with Gasteiger partial charge in [0.2, 0.25) is 5.91 Å².